The number of nitrogens with zero attached hydrogens (tertiary/aromatic N) is 7. The number of aryl methyl sites for hydroxylation is 1. The Morgan fingerprint density at radius 2 is 1.50 bits per heavy atom. The van der Waals surface area contributed by atoms with Crippen molar-refractivity contribution in [1.29, 1.82) is 0 Å². The normalized spacial score (nSPS) is 15.2. The summed E-state index contributed by atoms with van der Waals surface area (Å²) in [5.41, 5.74) is 1.17. The highest BCUT2D eigenvalue weighted by Crippen LogP contribution is 2.20. The maximum atomic E-state index is 12.5. The lowest BCUT2D eigenvalue weighted by molar-refractivity contribution is -0.384. The van der Waals surface area contributed by atoms with Gasteiger partial charge in [-0.3, -0.25) is 28.9 Å². The standard InChI is InChI=1S/C19H23N7O4.C4H6O6/c1-21-17-16(18(27)22(2)19(21)28)25(13-20-17)12-9-23-7-10-24(11-8-23)14-3-5-15(6-4-14)26(29)30;5-1(3(7)8)2(6)4(9)10/h3-6,13H,7-12H2,1-2H3;1-2,5-6H,(H,7,8)(H,9,10). The number of carboxylic acids is 2. The molecule has 0 aliphatic carbocycles. The maximum absolute atomic E-state index is 12.5. The van der Waals surface area contributed by atoms with Crippen molar-refractivity contribution in [1.82, 2.24) is 23.6 Å². The summed E-state index contributed by atoms with van der Waals surface area (Å²) >= 11 is 0. The van der Waals surface area contributed by atoms with Crippen LogP contribution >= 0.6 is 0 Å². The number of carboxylic acid groups (broad SMARTS) is 2. The van der Waals surface area contributed by atoms with Crippen LogP contribution in [0.4, 0.5) is 11.4 Å². The molecule has 1 aliphatic rings. The summed E-state index contributed by atoms with van der Waals surface area (Å²) in [4.78, 5) is 63.3. The quantitative estimate of drug-likeness (QED) is 0.173. The SMILES string of the molecule is Cn1c(=O)c2c(ncn2CCN2CCN(c3ccc([N+](=O)[O-])cc3)CC2)n(C)c1=O.O=C(O)C(O)C(O)C(=O)O. The molecule has 216 valence electrons. The lowest BCUT2D eigenvalue weighted by atomic mass is 10.2. The first-order chi connectivity index (χ1) is 18.8. The van der Waals surface area contributed by atoms with Crippen LogP contribution in [-0.4, -0.2) is 106 Å². The van der Waals surface area contributed by atoms with E-state index in [1.165, 1.54) is 23.7 Å². The lowest BCUT2D eigenvalue weighted by Gasteiger charge is -2.36. The van der Waals surface area contributed by atoms with Crippen LogP contribution < -0.4 is 16.1 Å². The third-order valence-corrected chi connectivity index (χ3v) is 6.48. The molecule has 1 aromatic carbocycles. The first kappa shape index (κ1) is 29.9. The number of hydrogen-bond donors (Lipinski definition) is 4. The molecule has 4 rings (SSSR count). The van der Waals surface area contributed by atoms with Gasteiger partial charge in [0.2, 0.25) is 0 Å². The van der Waals surface area contributed by atoms with Crippen LogP contribution in [0.2, 0.25) is 0 Å². The van der Waals surface area contributed by atoms with Crippen molar-refractivity contribution < 1.29 is 34.9 Å². The van der Waals surface area contributed by atoms with Crippen LogP contribution in [0, 0.1) is 10.1 Å². The molecule has 40 heavy (non-hydrogen) atoms. The number of aliphatic hydroxyl groups is 2. The molecule has 1 aliphatic heterocycles. The summed E-state index contributed by atoms with van der Waals surface area (Å²) in [6.07, 6.45) is -2.92. The maximum Gasteiger partial charge on any atom is 0.335 e. The minimum absolute atomic E-state index is 0.0913. The Balaban J connectivity index is 0.000000378. The van der Waals surface area contributed by atoms with E-state index in [0.29, 0.717) is 17.7 Å². The van der Waals surface area contributed by atoms with Gasteiger partial charge in [0.1, 0.15) is 0 Å². The Morgan fingerprint density at radius 1 is 0.950 bits per heavy atom. The Morgan fingerprint density at radius 3 is 2.00 bits per heavy atom. The molecule has 2 atom stereocenters. The van der Waals surface area contributed by atoms with Crippen molar-refractivity contribution in [3.05, 3.63) is 61.5 Å². The summed E-state index contributed by atoms with van der Waals surface area (Å²) < 4.78 is 4.29. The topological polar surface area (TPSA) is 226 Å². The van der Waals surface area contributed by atoms with E-state index >= 15 is 0 Å². The molecule has 0 bridgehead atoms. The van der Waals surface area contributed by atoms with E-state index in [1.807, 2.05) is 0 Å². The number of aliphatic hydroxyl groups excluding tert-OH is 2. The van der Waals surface area contributed by atoms with Crippen molar-refractivity contribution >= 4 is 34.5 Å². The second-order valence-corrected chi connectivity index (χ2v) is 8.98. The average Bonchev–Trinajstić information content (AvgIpc) is 3.37. The Kier molecular flexibility index (Phi) is 9.35. The molecule has 0 amide bonds. The summed E-state index contributed by atoms with van der Waals surface area (Å²) in [7, 11) is 3.08. The Hall–Kier alpha value is -4.61. The van der Waals surface area contributed by atoms with Crippen molar-refractivity contribution in [3.8, 4) is 0 Å². The van der Waals surface area contributed by atoms with Gasteiger partial charge in [-0.05, 0) is 12.1 Å². The van der Waals surface area contributed by atoms with Crippen LogP contribution in [0.3, 0.4) is 0 Å². The van der Waals surface area contributed by atoms with E-state index in [-0.39, 0.29) is 16.9 Å². The fourth-order valence-corrected chi connectivity index (χ4v) is 4.10. The Bertz CT molecular complexity index is 1490. The molecule has 17 nitrogen and oxygen atoms in total. The van der Waals surface area contributed by atoms with Gasteiger partial charge in [0, 0.05) is 71.2 Å². The number of nitro groups is 1. The van der Waals surface area contributed by atoms with Crippen molar-refractivity contribution in [2.75, 3.05) is 37.6 Å². The zero-order chi connectivity index (χ0) is 29.7. The highest BCUT2D eigenvalue weighted by Gasteiger charge is 2.29. The summed E-state index contributed by atoms with van der Waals surface area (Å²) in [5, 5.41) is 43.3. The first-order valence-corrected chi connectivity index (χ1v) is 12.0. The fourth-order valence-electron chi connectivity index (χ4n) is 4.10. The molecule has 3 aromatic rings. The number of benzene rings is 1. The molecule has 0 spiro atoms. The monoisotopic (exact) mass is 563 g/mol. The first-order valence-electron chi connectivity index (χ1n) is 12.0. The molecular formula is C23H29N7O10. The summed E-state index contributed by atoms with van der Waals surface area (Å²) in [6.45, 7) is 4.69. The van der Waals surface area contributed by atoms with Gasteiger partial charge in [-0.1, -0.05) is 0 Å². The second kappa shape index (κ2) is 12.5. The van der Waals surface area contributed by atoms with Crippen LogP contribution in [0.1, 0.15) is 0 Å². The average molecular weight is 564 g/mol. The second-order valence-electron chi connectivity index (χ2n) is 8.98. The number of rotatable bonds is 8. The number of fused-ring (bicyclic) bond motifs is 1. The number of non-ortho nitro benzene ring substituents is 1. The predicted octanol–water partition coefficient (Wildman–Crippen LogP) is -1.96. The molecule has 1 fully saturated rings. The molecule has 4 N–H and O–H groups in total. The molecule has 0 saturated carbocycles. The van der Waals surface area contributed by atoms with E-state index in [9.17, 15) is 29.3 Å². The van der Waals surface area contributed by atoms with Gasteiger partial charge >= 0.3 is 17.6 Å². The molecule has 2 aromatic heterocycles. The minimum atomic E-state index is -2.27. The molecule has 2 unspecified atom stereocenters. The summed E-state index contributed by atoms with van der Waals surface area (Å²) in [6, 6.07) is 6.62. The van der Waals surface area contributed by atoms with E-state index in [2.05, 4.69) is 14.8 Å². The Labute approximate surface area is 225 Å². The minimum Gasteiger partial charge on any atom is -0.479 e. The van der Waals surface area contributed by atoms with Gasteiger partial charge in [-0.15, -0.1) is 0 Å². The number of nitro benzene ring substituents is 1. The van der Waals surface area contributed by atoms with E-state index in [1.54, 1.807) is 30.1 Å². The van der Waals surface area contributed by atoms with Crippen LogP contribution in [0.5, 0.6) is 0 Å². The van der Waals surface area contributed by atoms with Crippen molar-refractivity contribution in [2.24, 2.45) is 14.1 Å². The van der Waals surface area contributed by atoms with E-state index < -0.39 is 29.1 Å². The number of carbonyl (C=O) groups is 2. The third kappa shape index (κ3) is 6.50. The van der Waals surface area contributed by atoms with Crippen molar-refractivity contribution in [2.45, 2.75) is 18.8 Å². The molecule has 0 radical (unpaired) electrons. The van der Waals surface area contributed by atoms with Gasteiger partial charge < -0.3 is 29.9 Å². The zero-order valence-corrected chi connectivity index (χ0v) is 21.7. The van der Waals surface area contributed by atoms with Crippen molar-refractivity contribution in [3.63, 3.8) is 0 Å². The smallest absolute Gasteiger partial charge is 0.335 e. The van der Waals surface area contributed by atoms with E-state index in [4.69, 9.17) is 20.4 Å². The van der Waals surface area contributed by atoms with Gasteiger partial charge in [-0.25, -0.2) is 19.4 Å². The molecular weight excluding hydrogens is 534 g/mol. The largest absolute Gasteiger partial charge is 0.479 e. The molecule has 1 saturated heterocycles. The van der Waals surface area contributed by atoms with Gasteiger partial charge in [-0.2, -0.15) is 0 Å². The highest BCUT2D eigenvalue weighted by molar-refractivity contribution is 5.83. The number of anilines is 1. The summed E-state index contributed by atoms with van der Waals surface area (Å²) in [5.74, 6) is -3.54. The number of aliphatic carboxylic acids is 2. The zero-order valence-electron chi connectivity index (χ0n) is 21.7. The van der Waals surface area contributed by atoms with Gasteiger partial charge in [0.15, 0.2) is 23.4 Å². The van der Waals surface area contributed by atoms with Crippen LogP contribution in [0.25, 0.3) is 11.2 Å². The van der Waals surface area contributed by atoms with Crippen LogP contribution in [-0.2, 0) is 30.2 Å². The van der Waals surface area contributed by atoms with Gasteiger partial charge in [0.25, 0.3) is 11.2 Å². The third-order valence-electron chi connectivity index (χ3n) is 6.48. The number of hydrogen-bond acceptors (Lipinski definition) is 11. The number of imidazole rings is 1. The number of piperazine rings is 1. The highest BCUT2D eigenvalue weighted by atomic mass is 16.6. The van der Waals surface area contributed by atoms with Crippen LogP contribution in [0.15, 0.2) is 40.2 Å². The fraction of sp³-hybridized carbons (Fsp3) is 0.435. The number of aromatic nitrogens is 4. The van der Waals surface area contributed by atoms with Gasteiger partial charge in [0.05, 0.1) is 11.3 Å². The molecule has 17 heteroatoms. The molecule has 3 heterocycles. The predicted molar refractivity (Wildman–Crippen MR) is 139 cm³/mol. The lowest BCUT2D eigenvalue weighted by Crippen LogP contribution is -2.47. The van der Waals surface area contributed by atoms with E-state index in [0.717, 1.165) is 43.0 Å².